The molecule has 10 heteroatoms. The lowest BCUT2D eigenvalue weighted by atomic mass is 10.1. The Balaban J connectivity index is 1.49. The quantitative estimate of drug-likeness (QED) is 0.631. The number of likely N-dealkylation sites (N-methyl/N-ethyl adjacent to an activating group) is 1. The van der Waals surface area contributed by atoms with E-state index in [1.807, 2.05) is 6.92 Å². The molecule has 0 spiro atoms. The topological polar surface area (TPSA) is 116 Å². The molecule has 2 aliphatic rings. The van der Waals surface area contributed by atoms with Gasteiger partial charge in [0.25, 0.3) is 5.91 Å². The normalized spacial score (nSPS) is 19.8. The Hall–Kier alpha value is -2.46. The standard InChI is InChI=1S/C18H24N4O5S/c1-12-3-7-15(8-4-12)28(26,27)21(2)11-16(23)19-20-18(25)13-9-17(24)22(10-13)14-5-6-14/h3-4,7-8,13-14H,5-6,9-11H2,1-2H3,(H,19,23)(H,20,25)/t13-/m1/s1. The highest BCUT2D eigenvalue weighted by Gasteiger charge is 2.41. The molecule has 1 heterocycles. The summed E-state index contributed by atoms with van der Waals surface area (Å²) in [4.78, 5) is 37.9. The smallest absolute Gasteiger partial charge is 0.253 e. The van der Waals surface area contributed by atoms with Crippen molar-refractivity contribution in [3.05, 3.63) is 29.8 Å². The van der Waals surface area contributed by atoms with E-state index in [1.54, 1.807) is 17.0 Å². The van der Waals surface area contributed by atoms with Crippen molar-refractivity contribution < 1.29 is 22.8 Å². The maximum Gasteiger partial charge on any atom is 0.253 e. The Morgan fingerprint density at radius 2 is 1.82 bits per heavy atom. The van der Waals surface area contributed by atoms with Gasteiger partial charge in [0, 0.05) is 26.1 Å². The molecule has 0 radical (unpaired) electrons. The number of hydrogen-bond acceptors (Lipinski definition) is 5. The molecule has 2 fully saturated rings. The molecule has 0 aromatic heterocycles. The number of hydrogen-bond donors (Lipinski definition) is 2. The second-order valence-electron chi connectivity index (χ2n) is 7.29. The lowest BCUT2D eigenvalue weighted by Crippen LogP contribution is -2.48. The van der Waals surface area contributed by atoms with E-state index >= 15 is 0 Å². The number of carbonyl (C=O) groups excluding carboxylic acids is 3. The number of carbonyl (C=O) groups is 3. The molecule has 1 aliphatic heterocycles. The van der Waals surface area contributed by atoms with Gasteiger partial charge in [-0.25, -0.2) is 8.42 Å². The van der Waals surface area contributed by atoms with Crippen LogP contribution in [0.1, 0.15) is 24.8 Å². The second-order valence-corrected chi connectivity index (χ2v) is 9.33. The Labute approximate surface area is 164 Å². The van der Waals surface area contributed by atoms with Crippen molar-refractivity contribution in [3.63, 3.8) is 0 Å². The highest BCUT2D eigenvalue weighted by molar-refractivity contribution is 7.89. The van der Waals surface area contributed by atoms with Crippen LogP contribution in [0.5, 0.6) is 0 Å². The van der Waals surface area contributed by atoms with Crippen LogP contribution in [0.2, 0.25) is 0 Å². The van der Waals surface area contributed by atoms with Gasteiger partial charge >= 0.3 is 0 Å². The molecule has 152 valence electrons. The van der Waals surface area contributed by atoms with E-state index in [9.17, 15) is 22.8 Å². The highest BCUT2D eigenvalue weighted by Crippen LogP contribution is 2.32. The molecule has 1 saturated heterocycles. The lowest BCUT2D eigenvalue weighted by molar-refractivity contribution is -0.131. The van der Waals surface area contributed by atoms with Crippen molar-refractivity contribution in [2.75, 3.05) is 20.1 Å². The summed E-state index contributed by atoms with van der Waals surface area (Å²) in [5.74, 6) is -1.68. The average Bonchev–Trinajstić information content (AvgIpc) is 3.41. The van der Waals surface area contributed by atoms with E-state index < -0.39 is 34.3 Å². The van der Waals surface area contributed by atoms with Crippen molar-refractivity contribution in [2.24, 2.45) is 5.92 Å². The van der Waals surface area contributed by atoms with Crippen molar-refractivity contribution >= 4 is 27.7 Å². The van der Waals surface area contributed by atoms with E-state index in [2.05, 4.69) is 10.9 Å². The van der Waals surface area contributed by atoms with Crippen LogP contribution in [0, 0.1) is 12.8 Å². The van der Waals surface area contributed by atoms with Crippen LogP contribution in [0.25, 0.3) is 0 Å². The minimum absolute atomic E-state index is 0.0436. The molecule has 28 heavy (non-hydrogen) atoms. The fourth-order valence-electron chi connectivity index (χ4n) is 3.10. The number of likely N-dealkylation sites (tertiary alicyclic amines) is 1. The Kier molecular flexibility index (Phi) is 5.71. The number of hydrazine groups is 1. The third kappa shape index (κ3) is 4.50. The number of benzene rings is 1. The number of rotatable bonds is 6. The van der Waals surface area contributed by atoms with Crippen LogP contribution in [0.15, 0.2) is 29.2 Å². The van der Waals surface area contributed by atoms with Gasteiger partial charge in [0.15, 0.2) is 0 Å². The number of nitrogens with one attached hydrogen (secondary N) is 2. The Bertz CT molecular complexity index is 880. The Morgan fingerprint density at radius 1 is 1.18 bits per heavy atom. The third-order valence-electron chi connectivity index (χ3n) is 4.94. The van der Waals surface area contributed by atoms with Gasteiger partial charge in [-0.05, 0) is 31.9 Å². The number of aryl methyl sites for hydroxylation is 1. The van der Waals surface area contributed by atoms with E-state index in [0.29, 0.717) is 6.54 Å². The van der Waals surface area contributed by atoms with Gasteiger partial charge in [-0.2, -0.15) is 4.31 Å². The third-order valence-corrected chi connectivity index (χ3v) is 6.76. The number of sulfonamides is 1. The fraction of sp³-hybridized carbons (Fsp3) is 0.500. The van der Waals surface area contributed by atoms with Crippen LogP contribution in [-0.4, -0.2) is 61.5 Å². The first-order valence-electron chi connectivity index (χ1n) is 9.09. The molecule has 0 unspecified atom stereocenters. The predicted octanol–water partition coefficient (Wildman–Crippen LogP) is -0.226. The first-order valence-corrected chi connectivity index (χ1v) is 10.5. The van der Waals surface area contributed by atoms with Gasteiger partial charge in [-0.15, -0.1) is 0 Å². The summed E-state index contributed by atoms with van der Waals surface area (Å²) in [5, 5.41) is 0. The first-order chi connectivity index (χ1) is 13.2. The molecule has 3 amide bonds. The van der Waals surface area contributed by atoms with Crippen molar-refractivity contribution in [1.29, 1.82) is 0 Å². The average molecular weight is 408 g/mol. The van der Waals surface area contributed by atoms with Crippen LogP contribution in [0.4, 0.5) is 0 Å². The van der Waals surface area contributed by atoms with Crippen LogP contribution >= 0.6 is 0 Å². The van der Waals surface area contributed by atoms with Crippen LogP contribution in [-0.2, 0) is 24.4 Å². The fourth-order valence-corrected chi connectivity index (χ4v) is 4.22. The minimum Gasteiger partial charge on any atom is -0.339 e. The molecule has 3 rings (SSSR count). The first kappa shape index (κ1) is 20.3. The van der Waals surface area contributed by atoms with Gasteiger partial charge in [-0.1, -0.05) is 17.7 Å². The van der Waals surface area contributed by atoms with Gasteiger partial charge in [-0.3, -0.25) is 25.2 Å². The molecule has 1 atom stereocenters. The number of amides is 3. The summed E-state index contributed by atoms with van der Waals surface area (Å²) >= 11 is 0. The molecule has 1 saturated carbocycles. The lowest BCUT2D eigenvalue weighted by Gasteiger charge is -2.18. The van der Waals surface area contributed by atoms with Crippen LogP contribution in [0.3, 0.4) is 0 Å². The molecular weight excluding hydrogens is 384 g/mol. The van der Waals surface area contributed by atoms with Gasteiger partial charge in [0.2, 0.25) is 21.8 Å². The molecule has 1 aromatic carbocycles. The predicted molar refractivity (Wildman–Crippen MR) is 100 cm³/mol. The summed E-state index contributed by atoms with van der Waals surface area (Å²) in [5.41, 5.74) is 5.44. The van der Waals surface area contributed by atoms with Crippen molar-refractivity contribution in [2.45, 2.75) is 37.1 Å². The monoisotopic (exact) mass is 408 g/mol. The Morgan fingerprint density at radius 3 is 2.43 bits per heavy atom. The molecular formula is C18H24N4O5S. The molecule has 1 aromatic rings. The number of nitrogens with zero attached hydrogens (tertiary/aromatic N) is 2. The van der Waals surface area contributed by atoms with Crippen molar-refractivity contribution in [1.82, 2.24) is 20.1 Å². The van der Waals surface area contributed by atoms with Crippen LogP contribution < -0.4 is 10.9 Å². The molecule has 2 N–H and O–H groups in total. The second kappa shape index (κ2) is 7.88. The molecule has 1 aliphatic carbocycles. The maximum atomic E-state index is 12.5. The zero-order valence-electron chi connectivity index (χ0n) is 15.8. The summed E-state index contributed by atoms with van der Waals surface area (Å²) < 4.78 is 25.9. The molecule has 9 nitrogen and oxygen atoms in total. The minimum atomic E-state index is -3.81. The summed E-state index contributed by atoms with van der Waals surface area (Å²) in [7, 11) is -2.52. The van der Waals surface area contributed by atoms with Gasteiger partial charge in [0.1, 0.15) is 0 Å². The SMILES string of the molecule is Cc1ccc(S(=O)(=O)N(C)CC(=O)NNC(=O)[C@@H]2CC(=O)N(C3CC3)C2)cc1. The van der Waals surface area contributed by atoms with E-state index in [-0.39, 0.29) is 23.3 Å². The summed E-state index contributed by atoms with van der Waals surface area (Å²) in [6.45, 7) is 1.75. The maximum absolute atomic E-state index is 12.5. The summed E-state index contributed by atoms with van der Waals surface area (Å²) in [6, 6.07) is 6.55. The largest absolute Gasteiger partial charge is 0.339 e. The van der Waals surface area contributed by atoms with Crippen molar-refractivity contribution in [3.8, 4) is 0 Å². The van der Waals surface area contributed by atoms with E-state index in [0.717, 1.165) is 22.7 Å². The zero-order valence-corrected chi connectivity index (χ0v) is 16.7. The highest BCUT2D eigenvalue weighted by atomic mass is 32.2. The van der Waals surface area contributed by atoms with E-state index in [1.165, 1.54) is 19.2 Å². The zero-order chi connectivity index (χ0) is 20.5. The summed E-state index contributed by atoms with van der Waals surface area (Å²) in [6.07, 6.45) is 2.07. The van der Waals surface area contributed by atoms with Gasteiger partial charge in [0.05, 0.1) is 17.4 Å². The van der Waals surface area contributed by atoms with Gasteiger partial charge < -0.3 is 4.90 Å². The van der Waals surface area contributed by atoms with E-state index in [4.69, 9.17) is 0 Å². The molecule has 0 bridgehead atoms.